The highest BCUT2D eigenvalue weighted by molar-refractivity contribution is 6.29. The Morgan fingerprint density at radius 1 is 1.28 bits per heavy atom. The Bertz CT molecular complexity index is 403. The number of esters is 1. The van der Waals surface area contributed by atoms with Gasteiger partial charge >= 0.3 is 5.97 Å². The molecule has 0 bridgehead atoms. The normalized spacial score (nSPS) is 9.89. The molecular formula is C13H16ClNO3. The van der Waals surface area contributed by atoms with Crippen molar-refractivity contribution in [2.75, 3.05) is 17.8 Å². The number of amides is 1. The molecule has 0 saturated heterocycles. The van der Waals surface area contributed by atoms with Crippen molar-refractivity contribution in [3.05, 3.63) is 29.8 Å². The van der Waals surface area contributed by atoms with E-state index in [1.807, 2.05) is 12.1 Å². The second-order valence-electron chi connectivity index (χ2n) is 3.68. The van der Waals surface area contributed by atoms with E-state index in [0.29, 0.717) is 25.1 Å². The van der Waals surface area contributed by atoms with Gasteiger partial charge in [0.2, 0.25) is 5.91 Å². The van der Waals surface area contributed by atoms with Gasteiger partial charge < -0.3 is 10.1 Å². The molecule has 0 saturated carbocycles. The van der Waals surface area contributed by atoms with Gasteiger partial charge in [-0.15, -0.1) is 11.6 Å². The van der Waals surface area contributed by atoms with E-state index in [-0.39, 0.29) is 17.8 Å². The Hall–Kier alpha value is -1.55. The van der Waals surface area contributed by atoms with Gasteiger partial charge in [0, 0.05) is 12.1 Å². The number of anilines is 1. The predicted octanol–water partition coefficient (Wildman–Crippen LogP) is 2.36. The number of hydrogen-bond donors (Lipinski definition) is 1. The van der Waals surface area contributed by atoms with Gasteiger partial charge in [-0.2, -0.15) is 0 Å². The van der Waals surface area contributed by atoms with Gasteiger partial charge in [0.15, 0.2) is 0 Å². The lowest BCUT2D eigenvalue weighted by Gasteiger charge is -2.05. The monoisotopic (exact) mass is 269 g/mol. The van der Waals surface area contributed by atoms with Crippen LogP contribution in [0, 0.1) is 0 Å². The number of hydrogen-bond acceptors (Lipinski definition) is 3. The first-order valence-electron chi connectivity index (χ1n) is 5.76. The fourth-order valence-electron chi connectivity index (χ4n) is 1.43. The van der Waals surface area contributed by atoms with E-state index in [1.54, 1.807) is 19.1 Å². The Labute approximate surface area is 111 Å². The first-order valence-corrected chi connectivity index (χ1v) is 6.29. The van der Waals surface area contributed by atoms with Crippen molar-refractivity contribution < 1.29 is 14.3 Å². The van der Waals surface area contributed by atoms with E-state index in [2.05, 4.69) is 5.32 Å². The van der Waals surface area contributed by atoms with Crippen LogP contribution in [0.1, 0.15) is 18.9 Å². The predicted molar refractivity (Wildman–Crippen MR) is 70.7 cm³/mol. The maximum absolute atomic E-state index is 11.2. The van der Waals surface area contributed by atoms with E-state index < -0.39 is 0 Å². The number of aryl methyl sites for hydroxylation is 1. The highest BCUT2D eigenvalue weighted by Crippen LogP contribution is 2.11. The van der Waals surface area contributed by atoms with Gasteiger partial charge in [-0.25, -0.2) is 0 Å². The van der Waals surface area contributed by atoms with Gasteiger partial charge in [-0.3, -0.25) is 9.59 Å². The van der Waals surface area contributed by atoms with E-state index in [0.717, 1.165) is 5.56 Å². The lowest BCUT2D eigenvalue weighted by Crippen LogP contribution is -2.12. The zero-order valence-corrected chi connectivity index (χ0v) is 11.0. The summed E-state index contributed by atoms with van der Waals surface area (Å²) in [5.41, 5.74) is 1.72. The van der Waals surface area contributed by atoms with Crippen LogP contribution in [0.5, 0.6) is 0 Å². The molecule has 1 aromatic rings. The van der Waals surface area contributed by atoms with Crippen molar-refractivity contribution in [1.82, 2.24) is 0 Å². The molecule has 18 heavy (non-hydrogen) atoms. The number of halogens is 1. The van der Waals surface area contributed by atoms with Crippen LogP contribution < -0.4 is 5.32 Å². The second-order valence-corrected chi connectivity index (χ2v) is 3.95. The number of carbonyl (C=O) groups excluding carboxylic acids is 2. The highest BCUT2D eigenvalue weighted by atomic mass is 35.5. The third kappa shape index (κ3) is 5.19. The molecule has 0 radical (unpaired) electrons. The lowest BCUT2D eigenvalue weighted by atomic mass is 10.1. The SMILES string of the molecule is CCOC(=O)CCc1ccc(NC(=O)CCl)cc1. The van der Waals surface area contributed by atoms with Gasteiger partial charge in [-0.1, -0.05) is 12.1 Å². The zero-order valence-electron chi connectivity index (χ0n) is 10.2. The minimum Gasteiger partial charge on any atom is -0.466 e. The number of ether oxygens (including phenoxy) is 1. The first kappa shape index (κ1) is 14.5. The maximum atomic E-state index is 11.2. The molecule has 98 valence electrons. The lowest BCUT2D eigenvalue weighted by molar-refractivity contribution is -0.143. The Kier molecular flexibility index (Phi) is 6.22. The third-order valence-corrected chi connectivity index (χ3v) is 2.52. The summed E-state index contributed by atoms with van der Waals surface area (Å²) < 4.78 is 4.84. The summed E-state index contributed by atoms with van der Waals surface area (Å²) in [6.07, 6.45) is 0.990. The highest BCUT2D eigenvalue weighted by Gasteiger charge is 2.03. The summed E-state index contributed by atoms with van der Waals surface area (Å²) in [5, 5.41) is 2.64. The molecule has 0 fully saturated rings. The van der Waals surface area contributed by atoms with Crippen LogP contribution in [0.3, 0.4) is 0 Å². The molecule has 1 aromatic carbocycles. The molecule has 0 heterocycles. The van der Waals surface area contributed by atoms with Crippen LogP contribution >= 0.6 is 11.6 Å². The molecule has 1 N–H and O–H groups in total. The van der Waals surface area contributed by atoms with Crippen LogP contribution in [-0.2, 0) is 20.7 Å². The molecule has 0 spiro atoms. The topological polar surface area (TPSA) is 55.4 Å². The summed E-state index contributed by atoms with van der Waals surface area (Å²) in [4.78, 5) is 22.2. The zero-order chi connectivity index (χ0) is 13.4. The van der Waals surface area contributed by atoms with Crippen LogP contribution in [-0.4, -0.2) is 24.4 Å². The number of alkyl halides is 1. The molecular weight excluding hydrogens is 254 g/mol. The Morgan fingerprint density at radius 2 is 1.94 bits per heavy atom. The molecule has 0 aliphatic heterocycles. The first-order chi connectivity index (χ1) is 8.65. The molecule has 0 aliphatic carbocycles. The standard InChI is InChI=1S/C13H16ClNO3/c1-2-18-13(17)8-5-10-3-6-11(7-4-10)15-12(16)9-14/h3-4,6-7H,2,5,8-9H2,1H3,(H,15,16). The molecule has 0 aliphatic rings. The number of carbonyl (C=O) groups is 2. The van der Waals surface area contributed by atoms with Gasteiger partial charge in [0.05, 0.1) is 6.61 Å². The van der Waals surface area contributed by atoms with Crippen molar-refractivity contribution in [3.8, 4) is 0 Å². The molecule has 1 amide bonds. The van der Waals surface area contributed by atoms with Crippen molar-refractivity contribution in [3.63, 3.8) is 0 Å². The van der Waals surface area contributed by atoms with Crippen molar-refractivity contribution in [1.29, 1.82) is 0 Å². The average Bonchev–Trinajstić information content (AvgIpc) is 2.38. The minimum absolute atomic E-state index is 0.0649. The van der Waals surface area contributed by atoms with Gasteiger partial charge in [-0.05, 0) is 31.0 Å². The molecule has 1 rings (SSSR count). The quantitative estimate of drug-likeness (QED) is 0.637. The smallest absolute Gasteiger partial charge is 0.306 e. The minimum atomic E-state index is -0.240. The largest absolute Gasteiger partial charge is 0.466 e. The summed E-state index contributed by atoms with van der Waals surface area (Å²) in [6.45, 7) is 2.19. The van der Waals surface area contributed by atoms with Crippen molar-refractivity contribution in [2.45, 2.75) is 19.8 Å². The van der Waals surface area contributed by atoms with Gasteiger partial charge in [0.25, 0.3) is 0 Å². The van der Waals surface area contributed by atoms with Crippen molar-refractivity contribution >= 4 is 29.2 Å². The fourth-order valence-corrected chi connectivity index (χ4v) is 1.50. The third-order valence-electron chi connectivity index (χ3n) is 2.28. The maximum Gasteiger partial charge on any atom is 0.306 e. The summed E-state index contributed by atoms with van der Waals surface area (Å²) >= 11 is 5.38. The average molecular weight is 270 g/mol. The molecule has 4 nitrogen and oxygen atoms in total. The van der Waals surface area contributed by atoms with E-state index in [9.17, 15) is 9.59 Å². The molecule has 0 unspecified atom stereocenters. The number of nitrogens with one attached hydrogen (secondary N) is 1. The summed E-state index contributed by atoms with van der Waals surface area (Å²) in [5.74, 6) is -0.502. The van der Waals surface area contributed by atoms with E-state index >= 15 is 0 Å². The molecule has 0 aromatic heterocycles. The molecule has 5 heteroatoms. The second kappa shape index (κ2) is 7.71. The number of benzene rings is 1. The van der Waals surface area contributed by atoms with Crippen LogP contribution in [0.15, 0.2) is 24.3 Å². The van der Waals surface area contributed by atoms with E-state index in [4.69, 9.17) is 16.3 Å². The molecule has 0 atom stereocenters. The van der Waals surface area contributed by atoms with E-state index in [1.165, 1.54) is 0 Å². The van der Waals surface area contributed by atoms with Crippen LogP contribution in [0.25, 0.3) is 0 Å². The van der Waals surface area contributed by atoms with Crippen molar-refractivity contribution in [2.24, 2.45) is 0 Å². The Morgan fingerprint density at radius 3 is 2.50 bits per heavy atom. The summed E-state index contributed by atoms with van der Waals surface area (Å²) in [7, 11) is 0. The van der Waals surface area contributed by atoms with Crippen LogP contribution in [0.4, 0.5) is 5.69 Å². The van der Waals surface area contributed by atoms with Gasteiger partial charge in [0.1, 0.15) is 5.88 Å². The van der Waals surface area contributed by atoms with Crippen LogP contribution in [0.2, 0.25) is 0 Å². The Balaban J connectivity index is 2.45. The number of rotatable bonds is 6. The fraction of sp³-hybridized carbons (Fsp3) is 0.385. The summed E-state index contributed by atoms with van der Waals surface area (Å²) in [6, 6.07) is 7.29.